The van der Waals surface area contributed by atoms with Gasteiger partial charge in [-0.2, -0.15) is 0 Å². The summed E-state index contributed by atoms with van der Waals surface area (Å²) in [5, 5.41) is 0. The van der Waals surface area contributed by atoms with Gasteiger partial charge in [0.1, 0.15) is 5.82 Å². The molecule has 0 saturated carbocycles. The van der Waals surface area contributed by atoms with Crippen molar-refractivity contribution in [2.75, 3.05) is 18.0 Å². The first-order valence-corrected chi connectivity index (χ1v) is 8.85. The average molecular weight is 369 g/mol. The highest BCUT2D eigenvalue weighted by Gasteiger charge is 2.25. The molecule has 142 valence electrons. The molecule has 0 bridgehead atoms. The van der Waals surface area contributed by atoms with Gasteiger partial charge in [0, 0.05) is 24.8 Å². The van der Waals surface area contributed by atoms with Crippen LogP contribution in [-0.4, -0.2) is 42.2 Å². The Morgan fingerprint density at radius 3 is 2.37 bits per heavy atom. The van der Waals surface area contributed by atoms with Crippen molar-refractivity contribution in [1.82, 2.24) is 4.98 Å². The molecule has 3 unspecified atom stereocenters. The molecule has 1 amide bonds. The van der Waals surface area contributed by atoms with E-state index in [1.54, 1.807) is 42.5 Å². The first-order chi connectivity index (χ1) is 12.9. The van der Waals surface area contributed by atoms with Crippen LogP contribution in [0, 0.1) is 0 Å². The number of amides is 1. The molecule has 7 nitrogen and oxygen atoms in total. The normalized spacial score (nSPS) is 20.7. The molecular weight excluding hydrogens is 346 g/mol. The summed E-state index contributed by atoms with van der Waals surface area (Å²) in [5.41, 5.74) is 6.18. The zero-order valence-corrected chi connectivity index (χ0v) is 15.4. The number of hydrogen-bond acceptors (Lipinski definition) is 6. The largest absolute Gasteiger partial charge is 0.444 e. The predicted octanol–water partition coefficient (Wildman–Crippen LogP) is 2.08. The number of hydrogen-bond donors (Lipinski definition) is 1. The number of pyridine rings is 1. The van der Waals surface area contributed by atoms with Crippen molar-refractivity contribution in [1.29, 1.82) is 0 Å². The maximum Gasteiger partial charge on any atom is 0.340 e. The third-order valence-corrected chi connectivity index (χ3v) is 4.31. The summed E-state index contributed by atoms with van der Waals surface area (Å²) < 4.78 is 11.0. The van der Waals surface area contributed by atoms with Crippen LogP contribution in [0.3, 0.4) is 0 Å². The summed E-state index contributed by atoms with van der Waals surface area (Å²) in [4.78, 5) is 30.6. The number of esters is 1. The number of primary amides is 1. The third kappa shape index (κ3) is 4.62. The van der Waals surface area contributed by atoms with Crippen LogP contribution in [0.25, 0.3) is 0 Å². The number of carbonyl (C=O) groups is 2. The standard InChI is InChI=1S/C20H23N3O4/c1-13-11-23(12-14(2)26-13)17-9-8-16(10-22-17)20(25)27-18(19(21)24)15-6-4-3-5-7-15/h3-10,13-14,18H,11-12H2,1-2H3,(H2,21,24). The van der Waals surface area contributed by atoms with Gasteiger partial charge in [-0.05, 0) is 26.0 Å². The number of rotatable bonds is 5. The lowest BCUT2D eigenvalue weighted by atomic mass is 10.1. The Morgan fingerprint density at radius 2 is 1.81 bits per heavy atom. The molecule has 3 rings (SSSR count). The van der Waals surface area contributed by atoms with Crippen molar-refractivity contribution in [3.05, 3.63) is 59.8 Å². The second-order valence-electron chi connectivity index (χ2n) is 6.67. The van der Waals surface area contributed by atoms with Crippen molar-refractivity contribution in [2.24, 2.45) is 5.73 Å². The highest BCUT2D eigenvalue weighted by Crippen LogP contribution is 2.21. The summed E-state index contributed by atoms with van der Waals surface area (Å²) in [7, 11) is 0. The van der Waals surface area contributed by atoms with E-state index in [1.807, 2.05) is 13.8 Å². The maximum atomic E-state index is 12.4. The lowest BCUT2D eigenvalue weighted by molar-refractivity contribution is -0.127. The number of ether oxygens (including phenoxy) is 2. The van der Waals surface area contributed by atoms with E-state index in [0.717, 1.165) is 18.9 Å². The Labute approximate surface area is 158 Å². The van der Waals surface area contributed by atoms with Gasteiger partial charge >= 0.3 is 5.97 Å². The Balaban J connectivity index is 1.71. The van der Waals surface area contributed by atoms with Gasteiger partial charge in [0.2, 0.25) is 6.10 Å². The van der Waals surface area contributed by atoms with Crippen LogP contribution in [0.4, 0.5) is 5.82 Å². The van der Waals surface area contributed by atoms with Crippen LogP contribution in [-0.2, 0) is 14.3 Å². The first kappa shape index (κ1) is 18.8. The Kier molecular flexibility index (Phi) is 5.71. The molecular formula is C20H23N3O4. The summed E-state index contributed by atoms with van der Waals surface area (Å²) in [6, 6.07) is 12.1. The number of morpholine rings is 1. The van der Waals surface area contributed by atoms with Gasteiger partial charge in [-0.1, -0.05) is 30.3 Å². The topological polar surface area (TPSA) is 94.8 Å². The number of aromatic nitrogens is 1. The number of nitrogens with two attached hydrogens (primary N) is 1. The van der Waals surface area contributed by atoms with Crippen molar-refractivity contribution < 1.29 is 19.1 Å². The van der Waals surface area contributed by atoms with Gasteiger partial charge in [-0.25, -0.2) is 9.78 Å². The fourth-order valence-electron chi connectivity index (χ4n) is 3.15. The lowest BCUT2D eigenvalue weighted by Crippen LogP contribution is -2.45. The molecule has 1 saturated heterocycles. The molecule has 3 atom stereocenters. The van der Waals surface area contributed by atoms with Crippen LogP contribution in [0.2, 0.25) is 0 Å². The van der Waals surface area contributed by atoms with Crippen LogP contribution in [0.15, 0.2) is 48.7 Å². The summed E-state index contributed by atoms with van der Waals surface area (Å²) >= 11 is 0. The van der Waals surface area contributed by atoms with E-state index in [-0.39, 0.29) is 17.8 Å². The Morgan fingerprint density at radius 1 is 1.15 bits per heavy atom. The van der Waals surface area contributed by atoms with Crippen LogP contribution in [0.1, 0.15) is 35.9 Å². The molecule has 7 heteroatoms. The highest BCUT2D eigenvalue weighted by molar-refractivity contribution is 5.92. The fraction of sp³-hybridized carbons (Fsp3) is 0.350. The molecule has 0 radical (unpaired) electrons. The molecule has 1 aromatic heterocycles. The van der Waals surface area contributed by atoms with E-state index in [9.17, 15) is 9.59 Å². The Hall–Kier alpha value is -2.93. The monoisotopic (exact) mass is 369 g/mol. The zero-order chi connectivity index (χ0) is 19.4. The van der Waals surface area contributed by atoms with E-state index in [0.29, 0.717) is 5.56 Å². The molecule has 2 heterocycles. The first-order valence-electron chi connectivity index (χ1n) is 8.85. The quantitative estimate of drug-likeness (QED) is 0.811. The van der Waals surface area contributed by atoms with Crippen molar-refractivity contribution in [2.45, 2.75) is 32.2 Å². The Bertz CT molecular complexity index is 785. The van der Waals surface area contributed by atoms with Crippen LogP contribution >= 0.6 is 0 Å². The molecule has 2 N–H and O–H groups in total. The van der Waals surface area contributed by atoms with Gasteiger partial charge in [0.25, 0.3) is 5.91 Å². The number of nitrogens with zero attached hydrogens (tertiary/aromatic N) is 2. The maximum absolute atomic E-state index is 12.4. The molecule has 1 aliphatic rings. The van der Waals surface area contributed by atoms with Gasteiger partial charge < -0.3 is 20.1 Å². The van der Waals surface area contributed by atoms with E-state index in [2.05, 4.69) is 9.88 Å². The SMILES string of the molecule is CC1CN(c2ccc(C(=O)OC(C(N)=O)c3ccccc3)cn2)CC(C)O1. The minimum Gasteiger partial charge on any atom is -0.444 e. The third-order valence-electron chi connectivity index (χ3n) is 4.31. The van der Waals surface area contributed by atoms with Crippen LogP contribution in [0.5, 0.6) is 0 Å². The van der Waals surface area contributed by atoms with Gasteiger partial charge in [0.15, 0.2) is 0 Å². The lowest BCUT2D eigenvalue weighted by Gasteiger charge is -2.36. The number of anilines is 1. The molecule has 1 aliphatic heterocycles. The van der Waals surface area contributed by atoms with E-state index >= 15 is 0 Å². The minimum atomic E-state index is -1.14. The molecule has 27 heavy (non-hydrogen) atoms. The van der Waals surface area contributed by atoms with Crippen molar-refractivity contribution >= 4 is 17.7 Å². The van der Waals surface area contributed by atoms with E-state index in [4.69, 9.17) is 15.2 Å². The second-order valence-corrected chi connectivity index (χ2v) is 6.67. The van der Waals surface area contributed by atoms with E-state index < -0.39 is 18.0 Å². The predicted molar refractivity (Wildman–Crippen MR) is 100 cm³/mol. The zero-order valence-electron chi connectivity index (χ0n) is 15.4. The summed E-state index contributed by atoms with van der Waals surface area (Å²) in [6.07, 6.45) is 0.537. The number of carbonyl (C=O) groups excluding carboxylic acids is 2. The average Bonchev–Trinajstić information content (AvgIpc) is 2.65. The van der Waals surface area contributed by atoms with Gasteiger partial charge in [0.05, 0.1) is 17.8 Å². The van der Waals surface area contributed by atoms with Gasteiger partial charge in [-0.15, -0.1) is 0 Å². The molecule has 1 fully saturated rings. The fourth-order valence-corrected chi connectivity index (χ4v) is 3.15. The molecule has 0 aliphatic carbocycles. The summed E-state index contributed by atoms with van der Waals surface area (Å²) in [5.74, 6) is -0.608. The number of benzene rings is 1. The highest BCUT2D eigenvalue weighted by atomic mass is 16.5. The minimum absolute atomic E-state index is 0.113. The van der Waals surface area contributed by atoms with E-state index in [1.165, 1.54) is 6.20 Å². The summed E-state index contributed by atoms with van der Waals surface area (Å²) in [6.45, 7) is 5.50. The smallest absolute Gasteiger partial charge is 0.340 e. The molecule has 2 aromatic rings. The second kappa shape index (κ2) is 8.18. The van der Waals surface area contributed by atoms with Crippen LogP contribution < -0.4 is 10.6 Å². The molecule has 1 aromatic carbocycles. The molecule has 0 spiro atoms. The van der Waals surface area contributed by atoms with Crippen molar-refractivity contribution in [3.63, 3.8) is 0 Å². The van der Waals surface area contributed by atoms with Gasteiger partial charge in [-0.3, -0.25) is 4.79 Å². The van der Waals surface area contributed by atoms with Crippen molar-refractivity contribution in [3.8, 4) is 0 Å².